The Kier molecular flexibility index (Phi) is 2.23. The molecule has 0 amide bonds. The van der Waals surface area contributed by atoms with E-state index in [0.717, 1.165) is 11.5 Å². The molecule has 1 N–H and O–H groups in total. The Balaban J connectivity index is 2.15. The van der Waals surface area contributed by atoms with Crippen LogP contribution in [0, 0.1) is 6.92 Å². The van der Waals surface area contributed by atoms with Gasteiger partial charge >= 0.3 is 0 Å². The van der Waals surface area contributed by atoms with Crippen LogP contribution in [0.3, 0.4) is 0 Å². The van der Waals surface area contributed by atoms with E-state index >= 15 is 0 Å². The third kappa shape index (κ3) is 2.03. The number of rotatable bonds is 2. The van der Waals surface area contributed by atoms with E-state index in [1.807, 2.05) is 12.1 Å². The van der Waals surface area contributed by atoms with Crippen LogP contribution in [0.25, 0.3) is 0 Å². The van der Waals surface area contributed by atoms with Gasteiger partial charge in [0.1, 0.15) is 0 Å². The Morgan fingerprint density at radius 1 is 1.23 bits per heavy atom. The molecular weight excluding hydrogens is 182 g/mol. The summed E-state index contributed by atoms with van der Waals surface area (Å²) < 4.78 is 7.96. The molecule has 1 aromatic heterocycles. The van der Waals surface area contributed by atoms with Gasteiger partial charge in [-0.1, -0.05) is 17.7 Å². The van der Waals surface area contributed by atoms with Crippen molar-refractivity contribution in [1.82, 2.24) is 8.75 Å². The molecule has 1 heterocycles. The van der Waals surface area contributed by atoms with E-state index in [0.29, 0.717) is 0 Å². The molecule has 0 spiro atoms. The highest BCUT2D eigenvalue weighted by molar-refractivity contribution is 6.99. The van der Waals surface area contributed by atoms with E-state index in [2.05, 4.69) is 33.1 Å². The van der Waals surface area contributed by atoms with Crippen LogP contribution in [0.5, 0.6) is 0 Å². The van der Waals surface area contributed by atoms with Crippen molar-refractivity contribution in [3.63, 3.8) is 0 Å². The van der Waals surface area contributed by atoms with Crippen molar-refractivity contribution in [3.05, 3.63) is 36.0 Å². The van der Waals surface area contributed by atoms with Gasteiger partial charge in [-0.25, -0.2) is 0 Å². The summed E-state index contributed by atoms with van der Waals surface area (Å²) in [5.41, 5.74) is 2.29. The van der Waals surface area contributed by atoms with Crippen molar-refractivity contribution >= 4 is 23.2 Å². The van der Waals surface area contributed by atoms with Crippen LogP contribution in [-0.2, 0) is 0 Å². The fourth-order valence-corrected chi connectivity index (χ4v) is 1.38. The minimum absolute atomic E-state index is 0.800. The topological polar surface area (TPSA) is 37.8 Å². The number of nitrogens with zero attached hydrogens (tertiary/aromatic N) is 2. The maximum atomic E-state index is 4.05. The molecule has 0 radical (unpaired) electrons. The second kappa shape index (κ2) is 3.53. The standard InChI is InChI=1S/C9H9N3S/c1-7-2-4-8(5-3-7)11-9-6-10-13-12-9/h2-6H,1H3,(H,11,12). The minimum Gasteiger partial charge on any atom is -0.338 e. The van der Waals surface area contributed by atoms with Crippen LogP contribution >= 0.6 is 11.7 Å². The molecule has 0 fully saturated rings. The Bertz CT molecular complexity index is 366. The number of aryl methyl sites for hydroxylation is 1. The fraction of sp³-hybridized carbons (Fsp3) is 0.111. The molecule has 2 rings (SSSR count). The van der Waals surface area contributed by atoms with Crippen LogP contribution in [0.2, 0.25) is 0 Å². The van der Waals surface area contributed by atoms with Gasteiger partial charge < -0.3 is 5.32 Å². The lowest BCUT2D eigenvalue weighted by Gasteiger charge is -2.01. The number of nitrogens with one attached hydrogen (secondary N) is 1. The molecule has 3 nitrogen and oxygen atoms in total. The average Bonchev–Trinajstić information content (AvgIpc) is 2.62. The highest BCUT2D eigenvalue weighted by atomic mass is 32.1. The molecule has 66 valence electrons. The number of hydrogen-bond acceptors (Lipinski definition) is 4. The second-order valence-electron chi connectivity index (χ2n) is 2.78. The summed E-state index contributed by atoms with van der Waals surface area (Å²) in [6.45, 7) is 2.06. The summed E-state index contributed by atoms with van der Waals surface area (Å²) in [4.78, 5) is 0. The predicted octanol–water partition coefficient (Wildman–Crippen LogP) is 2.59. The van der Waals surface area contributed by atoms with Gasteiger partial charge in [-0.3, -0.25) is 0 Å². The summed E-state index contributed by atoms with van der Waals surface area (Å²) >= 11 is 1.20. The lowest BCUT2D eigenvalue weighted by Crippen LogP contribution is -1.89. The first kappa shape index (κ1) is 8.19. The van der Waals surface area contributed by atoms with Gasteiger partial charge in [0.25, 0.3) is 0 Å². The summed E-state index contributed by atoms with van der Waals surface area (Å²) in [6.07, 6.45) is 1.71. The Labute approximate surface area is 80.8 Å². The molecule has 0 bridgehead atoms. The quantitative estimate of drug-likeness (QED) is 0.792. The average molecular weight is 191 g/mol. The third-order valence-electron chi connectivity index (χ3n) is 1.69. The van der Waals surface area contributed by atoms with Crippen molar-refractivity contribution in [3.8, 4) is 0 Å². The molecule has 13 heavy (non-hydrogen) atoms. The first-order valence-corrected chi connectivity index (χ1v) is 4.69. The van der Waals surface area contributed by atoms with Gasteiger partial charge in [0, 0.05) is 5.69 Å². The fourth-order valence-electron chi connectivity index (χ4n) is 1.00. The zero-order valence-corrected chi connectivity index (χ0v) is 8.01. The van der Waals surface area contributed by atoms with Crippen LogP contribution < -0.4 is 5.32 Å². The third-order valence-corrected chi connectivity index (χ3v) is 2.16. The van der Waals surface area contributed by atoms with Crippen molar-refractivity contribution in [2.45, 2.75) is 6.92 Å². The summed E-state index contributed by atoms with van der Waals surface area (Å²) in [7, 11) is 0. The summed E-state index contributed by atoms with van der Waals surface area (Å²) in [6, 6.07) is 8.16. The molecule has 0 saturated heterocycles. The van der Waals surface area contributed by atoms with Gasteiger partial charge in [0.15, 0.2) is 5.82 Å². The van der Waals surface area contributed by atoms with Crippen molar-refractivity contribution in [1.29, 1.82) is 0 Å². The molecule has 0 unspecified atom stereocenters. The number of aromatic nitrogens is 2. The molecule has 0 atom stereocenters. The van der Waals surface area contributed by atoms with E-state index in [1.165, 1.54) is 17.3 Å². The molecule has 0 aliphatic rings. The molecular formula is C9H9N3S. The highest BCUT2D eigenvalue weighted by Crippen LogP contribution is 2.14. The monoisotopic (exact) mass is 191 g/mol. The largest absolute Gasteiger partial charge is 0.338 e. The van der Waals surface area contributed by atoms with Gasteiger partial charge in [0.05, 0.1) is 17.9 Å². The molecule has 4 heteroatoms. The lowest BCUT2D eigenvalue weighted by atomic mass is 10.2. The normalized spacial score (nSPS) is 9.92. The predicted molar refractivity (Wildman–Crippen MR) is 54.4 cm³/mol. The highest BCUT2D eigenvalue weighted by Gasteiger charge is 1.95. The smallest absolute Gasteiger partial charge is 0.164 e. The number of benzene rings is 1. The van der Waals surface area contributed by atoms with E-state index in [4.69, 9.17) is 0 Å². The van der Waals surface area contributed by atoms with Gasteiger partial charge in [-0.05, 0) is 19.1 Å². The van der Waals surface area contributed by atoms with E-state index in [1.54, 1.807) is 6.20 Å². The first-order chi connectivity index (χ1) is 6.34. The zero-order chi connectivity index (χ0) is 9.10. The minimum atomic E-state index is 0.800. The molecule has 0 aliphatic heterocycles. The van der Waals surface area contributed by atoms with Crippen molar-refractivity contribution in [2.75, 3.05) is 5.32 Å². The molecule has 0 aliphatic carbocycles. The SMILES string of the molecule is Cc1ccc(Nc2cnsn2)cc1. The van der Waals surface area contributed by atoms with Gasteiger partial charge in [-0.15, -0.1) is 0 Å². The van der Waals surface area contributed by atoms with Crippen LogP contribution in [-0.4, -0.2) is 8.75 Å². The Morgan fingerprint density at radius 2 is 2.00 bits per heavy atom. The first-order valence-electron chi connectivity index (χ1n) is 3.96. The van der Waals surface area contributed by atoms with Gasteiger partial charge in [0.2, 0.25) is 0 Å². The number of hydrogen-bond donors (Lipinski definition) is 1. The van der Waals surface area contributed by atoms with Crippen molar-refractivity contribution < 1.29 is 0 Å². The molecule has 1 aromatic carbocycles. The van der Waals surface area contributed by atoms with Crippen LogP contribution in [0.1, 0.15) is 5.56 Å². The van der Waals surface area contributed by atoms with Crippen LogP contribution in [0.15, 0.2) is 30.5 Å². The maximum Gasteiger partial charge on any atom is 0.164 e. The van der Waals surface area contributed by atoms with Gasteiger partial charge in [-0.2, -0.15) is 8.75 Å². The lowest BCUT2D eigenvalue weighted by molar-refractivity contribution is 1.42. The Morgan fingerprint density at radius 3 is 2.62 bits per heavy atom. The summed E-state index contributed by atoms with van der Waals surface area (Å²) in [5.74, 6) is 0.800. The maximum absolute atomic E-state index is 4.05. The summed E-state index contributed by atoms with van der Waals surface area (Å²) in [5, 5.41) is 3.15. The number of anilines is 2. The van der Waals surface area contributed by atoms with E-state index in [-0.39, 0.29) is 0 Å². The van der Waals surface area contributed by atoms with E-state index in [9.17, 15) is 0 Å². The zero-order valence-electron chi connectivity index (χ0n) is 7.19. The van der Waals surface area contributed by atoms with Crippen LogP contribution in [0.4, 0.5) is 11.5 Å². The Hall–Kier alpha value is -1.42. The second-order valence-corrected chi connectivity index (χ2v) is 3.34. The van der Waals surface area contributed by atoms with E-state index < -0.39 is 0 Å². The molecule has 0 saturated carbocycles. The molecule has 2 aromatic rings. The van der Waals surface area contributed by atoms with Crippen molar-refractivity contribution in [2.24, 2.45) is 0 Å².